The highest BCUT2D eigenvalue weighted by Gasteiger charge is 2.34. The molecule has 32 heavy (non-hydrogen) atoms. The fraction of sp³-hybridized carbons (Fsp3) is 0.423. The first kappa shape index (κ1) is 25.4. The molecule has 1 saturated carbocycles. The van der Waals surface area contributed by atoms with Gasteiger partial charge in [-0.2, -0.15) is 5.26 Å². The van der Waals surface area contributed by atoms with E-state index in [1.54, 1.807) is 12.1 Å². The van der Waals surface area contributed by atoms with Crippen LogP contribution in [0.15, 0.2) is 54.6 Å². The van der Waals surface area contributed by atoms with Crippen LogP contribution < -0.4 is 11.1 Å². The van der Waals surface area contributed by atoms with Crippen molar-refractivity contribution in [3.8, 4) is 6.07 Å². The van der Waals surface area contributed by atoms with Crippen molar-refractivity contribution < 1.29 is 9.59 Å². The normalized spacial score (nSPS) is 15.6. The van der Waals surface area contributed by atoms with Gasteiger partial charge in [0.25, 0.3) is 0 Å². The minimum absolute atomic E-state index is 0. The van der Waals surface area contributed by atoms with Crippen molar-refractivity contribution in [3.05, 3.63) is 71.3 Å². The van der Waals surface area contributed by atoms with Crippen molar-refractivity contribution in [2.75, 3.05) is 0 Å². The van der Waals surface area contributed by atoms with E-state index < -0.39 is 11.8 Å². The zero-order valence-corrected chi connectivity index (χ0v) is 19.2. The van der Waals surface area contributed by atoms with Crippen LogP contribution >= 0.6 is 12.4 Å². The number of nitrogens with one attached hydrogen (secondary N) is 1. The molecule has 3 rings (SSSR count). The van der Waals surface area contributed by atoms with Gasteiger partial charge in [-0.3, -0.25) is 9.59 Å². The van der Waals surface area contributed by atoms with Crippen LogP contribution in [0.4, 0.5) is 0 Å². The first-order valence-corrected chi connectivity index (χ1v) is 11.2. The van der Waals surface area contributed by atoms with Crippen LogP contribution in [0.1, 0.15) is 55.2 Å². The zero-order chi connectivity index (χ0) is 22.1. The van der Waals surface area contributed by atoms with E-state index in [2.05, 4.69) is 11.4 Å². The van der Waals surface area contributed by atoms with Gasteiger partial charge in [0.1, 0.15) is 0 Å². The van der Waals surface area contributed by atoms with Crippen LogP contribution in [-0.2, 0) is 22.6 Å². The smallest absolute Gasteiger partial charge is 0.224 e. The molecule has 0 aromatic heterocycles. The van der Waals surface area contributed by atoms with Crippen LogP contribution in [0.3, 0.4) is 0 Å². The molecule has 2 amide bonds. The van der Waals surface area contributed by atoms with Gasteiger partial charge in [-0.05, 0) is 42.0 Å². The minimum Gasteiger partial charge on any atom is -0.369 e. The lowest BCUT2D eigenvalue weighted by Crippen LogP contribution is -2.42. The molecule has 1 aliphatic rings. The Kier molecular flexibility index (Phi) is 10.2. The summed E-state index contributed by atoms with van der Waals surface area (Å²) in [6, 6.07) is 19.0. The van der Waals surface area contributed by atoms with Crippen LogP contribution in [0.25, 0.3) is 0 Å². The average molecular weight is 454 g/mol. The summed E-state index contributed by atoms with van der Waals surface area (Å²) in [4.78, 5) is 25.7. The number of amides is 2. The summed E-state index contributed by atoms with van der Waals surface area (Å²) in [6.45, 7) is 0.352. The second-order valence-electron chi connectivity index (χ2n) is 8.57. The van der Waals surface area contributed by atoms with Crippen LogP contribution in [0.5, 0.6) is 0 Å². The van der Waals surface area contributed by atoms with Gasteiger partial charge in [0.2, 0.25) is 11.8 Å². The quantitative estimate of drug-likeness (QED) is 0.583. The highest BCUT2D eigenvalue weighted by Crippen LogP contribution is 2.33. The number of hydrogen-bond donors (Lipinski definition) is 2. The molecule has 3 N–H and O–H groups in total. The summed E-state index contributed by atoms with van der Waals surface area (Å²) in [5.74, 6) is -1.06. The molecular weight excluding hydrogens is 422 g/mol. The van der Waals surface area contributed by atoms with E-state index in [1.807, 2.05) is 42.5 Å². The van der Waals surface area contributed by atoms with Crippen molar-refractivity contribution in [3.63, 3.8) is 0 Å². The molecule has 2 aromatic rings. The second kappa shape index (κ2) is 12.9. The third kappa shape index (κ3) is 7.39. The van der Waals surface area contributed by atoms with Crippen LogP contribution in [0.2, 0.25) is 0 Å². The maximum atomic E-state index is 13.3. The van der Waals surface area contributed by atoms with Crippen molar-refractivity contribution in [2.24, 2.45) is 23.5 Å². The van der Waals surface area contributed by atoms with E-state index in [0.29, 0.717) is 30.9 Å². The fourth-order valence-electron chi connectivity index (χ4n) is 4.56. The van der Waals surface area contributed by atoms with Gasteiger partial charge in [0.15, 0.2) is 0 Å². The number of hydrogen-bond acceptors (Lipinski definition) is 3. The van der Waals surface area contributed by atoms with Crippen molar-refractivity contribution in [1.82, 2.24) is 5.32 Å². The monoisotopic (exact) mass is 453 g/mol. The summed E-state index contributed by atoms with van der Waals surface area (Å²) in [5, 5.41) is 11.9. The summed E-state index contributed by atoms with van der Waals surface area (Å²) in [6.07, 6.45) is 6.99. The minimum atomic E-state index is -0.500. The van der Waals surface area contributed by atoms with Gasteiger partial charge >= 0.3 is 0 Å². The molecule has 0 heterocycles. The van der Waals surface area contributed by atoms with Crippen molar-refractivity contribution in [1.29, 1.82) is 5.26 Å². The maximum absolute atomic E-state index is 13.3. The first-order chi connectivity index (χ1) is 15.1. The standard InChI is InChI=1S/C26H31N3O2.ClH/c27-17-21-11-13-22(14-12-21)18-29-26(31)24(16-20-9-5-2-6-10-20)23(25(28)30)15-19-7-3-1-4-8-19;/h2,5-6,9-14,19,23-24H,1,3-4,7-8,15-16,18H2,(H2,28,30)(H,29,31);1H/t23?,24-;/m0./s1. The molecule has 5 nitrogen and oxygen atoms in total. The molecule has 0 spiro atoms. The predicted molar refractivity (Wildman–Crippen MR) is 128 cm³/mol. The van der Waals surface area contributed by atoms with Crippen LogP contribution in [-0.4, -0.2) is 11.8 Å². The van der Waals surface area contributed by atoms with E-state index in [-0.39, 0.29) is 24.2 Å². The molecule has 1 unspecified atom stereocenters. The summed E-state index contributed by atoms with van der Waals surface area (Å²) >= 11 is 0. The highest BCUT2D eigenvalue weighted by atomic mass is 35.5. The lowest BCUT2D eigenvalue weighted by molar-refractivity contribution is -0.134. The van der Waals surface area contributed by atoms with E-state index >= 15 is 0 Å². The lowest BCUT2D eigenvalue weighted by atomic mass is 9.76. The Hall–Kier alpha value is -2.84. The fourth-order valence-corrected chi connectivity index (χ4v) is 4.56. The molecule has 1 fully saturated rings. The molecule has 2 aromatic carbocycles. The number of carbonyl (C=O) groups excluding carboxylic acids is 2. The topological polar surface area (TPSA) is 96.0 Å². The Morgan fingerprint density at radius 2 is 1.62 bits per heavy atom. The van der Waals surface area contributed by atoms with E-state index in [4.69, 9.17) is 11.0 Å². The third-order valence-electron chi connectivity index (χ3n) is 6.35. The number of nitriles is 1. The number of nitrogens with two attached hydrogens (primary N) is 1. The Morgan fingerprint density at radius 3 is 2.22 bits per heavy atom. The zero-order valence-electron chi connectivity index (χ0n) is 18.3. The van der Waals surface area contributed by atoms with Crippen LogP contribution in [0, 0.1) is 29.1 Å². The van der Waals surface area contributed by atoms with E-state index in [0.717, 1.165) is 24.0 Å². The van der Waals surface area contributed by atoms with Gasteiger partial charge in [0, 0.05) is 12.5 Å². The van der Waals surface area contributed by atoms with E-state index in [9.17, 15) is 9.59 Å². The molecule has 0 saturated heterocycles. The number of benzene rings is 2. The number of nitrogens with zero attached hydrogens (tertiary/aromatic N) is 1. The van der Waals surface area contributed by atoms with Gasteiger partial charge in [-0.25, -0.2) is 0 Å². The van der Waals surface area contributed by atoms with Gasteiger partial charge in [-0.1, -0.05) is 74.6 Å². The Morgan fingerprint density at radius 1 is 0.969 bits per heavy atom. The Bertz CT molecular complexity index is 903. The first-order valence-electron chi connectivity index (χ1n) is 11.2. The lowest BCUT2D eigenvalue weighted by Gasteiger charge is -2.29. The molecule has 6 heteroatoms. The molecule has 0 radical (unpaired) electrons. The summed E-state index contributed by atoms with van der Waals surface area (Å²) < 4.78 is 0. The second-order valence-corrected chi connectivity index (χ2v) is 8.57. The van der Waals surface area contributed by atoms with Crippen molar-refractivity contribution >= 4 is 24.2 Å². The van der Waals surface area contributed by atoms with Gasteiger partial charge in [-0.15, -0.1) is 12.4 Å². The third-order valence-corrected chi connectivity index (χ3v) is 6.35. The molecule has 170 valence electrons. The molecule has 1 aliphatic carbocycles. The van der Waals surface area contributed by atoms with Gasteiger partial charge < -0.3 is 11.1 Å². The van der Waals surface area contributed by atoms with Crippen molar-refractivity contribution in [2.45, 2.75) is 51.5 Å². The molecule has 2 atom stereocenters. The Balaban J connectivity index is 0.00000363. The highest BCUT2D eigenvalue weighted by molar-refractivity contribution is 5.87. The summed E-state index contributed by atoms with van der Waals surface area (Å²) in [5.41, 5.74) is 8.35. The van der Waals surface area contributed by atoms with Gasteiger partial charge in [0.05, 0.1) is 17.6 Å². The predicted octanol–water partition coefficient (Wildman–Crippen LogP) is 4.53. The SMILES string of the molecule is Cl.N#Cc1ccc(CNC(=O)[C@@H](Cc2ccccc2)C(CC2CCCCC2)C(N)=O)cc1. The molecule has 0 aliphatic heterocycles. The molecular formula is C26H32ClN3O2. The average Bonchev–Trinajstić information content (AvgIpc) is 2.81. The number of carbonyl (C=O) groups is 2. The van der Waals surface area contributed by atoms with E-state index in [1.165, 1.54) is 19.3 Å². The number of primary amides is 1. The molecule has 0 bridgehead atoms. The largest absolute Gasteiger partial charge is 0.369 e. The Labute approximate surface area is 196 Å². The summed E-state index contributed by atoms with van der Waals surface area (Å²) in [7, 11) is 0. The number of rotatable bonds is 9. The maximum Gasteiger partial charge on any atom is 0.224 e. The number of halogens is 1.